The average molecular weight is 358 g/mol. The van der Waals surface area contributed by atoms with Crippen molar-refractivity contribution in [1.82, 2.24) is 9.88 Å². The first-order valence-electron chi connectivity index (χ1n) is 9.90. The molecule has 0 atom stereocenters. The molecule has 27 heavy (non-hydrogen) atoms. The second kappa shape index (κ2) is 6.28. The Labute approximate surface area is 160 Å². The predicted octanol–water partition coefficient (Wildman–Crippen LogP) is 4.95. The number of ether oxygens (including phenoxy) is 1. The van der Waals surface area contributed by atoms with Crippen LogP contribution in [0.25, 0.3) is 17.0 Å². The molecule has 0 unspecified atom stereocenters. The fourth-order valence-corrected chi connectivity index (χ4v) is 4.42. The summed E-state index contributed by atoms with van der Waals surface area (Å²) in [5, 5.41) is 1.36. The van der Waals surface area contributed by atoms with Crippen LogP contribution in [0, 0.1) is 0 Å². The minimum atomic E-state index is -0.236. The fourth-order valence-electron chi connectivity index (χ4n) is 4.42. The lowest BCUT2D eigenvalue weighted by atomic mass is 9.96. The second-order valence-electron chi connectivity index (χ2n) is 8.28. The summed E-state index contributed by atoms with van der Waals surface area (Å²) in [5.41, 5.74) is 6.51. The van der Waals surface area contributed by atoms with Crippen molar-refractivity contribution in [2.24, 2.45) is 0 Å². The van der Waals surface area contributed by atoms with E-state index in [-0.39, 0.29) is 5.60 Å². The molecule has 2 aliphatic heterocycles. The maximum absolute atomic E-state index is 6.21. The molecule has 3 heteroatoms. The molecule has 0 saturated heterocycles. The lowest BCUT2D eigenvalue weighted by molar-refractivity contribution is 0.159. The van der Waals surface area contributed by atoms with E-state index in [0.717, 1.165) is 38.2 Å². The second-order valence-corrected chi connectivity index (χ2v) is 8.28. The van der Waals surface area contributed by atoms with Crippen LogP contribution in [0.2, 0.25) is 0 Å². The summed E-state index contributed by atoms with van der Waals surface area (Å²) >= 11 is 0. The summed E-state index contributed by atoms with van der Waals surface area (Å²) in [4.78, 5) is 6.26. The van der Waals surface area contributed by atoms with Crippen molar-refractivity contribution in [3.63, 3.8) is 0 Å². The highest BCUT2D eigenvalue weighted by atomic mass is 16.5. The van der Waals surface area contributed by atoms with Gasteiger partial charge in [0.2, 0.25) is 0 Å². The van der Waals surface area contributed by atoms with Crippen LogP contribution in [0.4, 0.5) is 0 Å². The number of nitrogens with one attached hydrogen (secondary N) is 1. The van der Waals surface area contributed by atoms with Crippen LogP contribution in [-0.2, 0) is 19.4 Å². The number of hydrogen-bond donors (Lipinski definition) is 1. The lowest BCUT2D eigenvalue weighted by Gasteiger charge is -2.28. The van der Waals surface area contributed by atoms with Crippen molar-refractivity contribution in [1.29, 1.82) is 0 Å². The summed E-state index contributed by atoms with van der Waals surface area (Å²) in [7, 11) is 0. The number of rotatable bonds is 2. The Bertz CT molecular complexity index is 1010. The third-order valence-corrected chi connectivity index (χ3v) is 5.79. The Balaban J connectivity index is 1.47. The zero-order valence-corrected chi connectivity index (χ0v) is 16.1. The summed E-state index contributed by atoms with van der Waals surface area (Å²) in [6, 6.07) is 15.1. The molecule has 2 aromatic carbocycles. The van der Waals surface area contributed by atoms with Gasteiger partial charge in [0.25, 0.3) is 0 Å². The zero-order chi connectivity index (χ0) is 18.4. The van der Waals surface area contributed by atoms with Crippen LogP contribution in [0.1, 0.15) is 36.2 Å². The molecular weight excluding hydrogens is 332 g/mol. The summed E-state index contributed by atoms with van der Waals surface area (Å²) in [5.74, 6) is 1.00. The monoisotopic (exact) mass is 358 g/mol. The molecule has 138 valence electrons. The van der Waals surface area contributed by atoms with E-state index in [9.17, 15) is 0 Å². The molecule has 0 saturated carbocycles. The number of fused-ring (bicyclic) bond motifs is 5. The van der Waals surface area contributed by atoms with E-state index in [1.54, 1.807) is 0 Å². The fraction of sp³-hybridized carbons (Fsp3) is 0.333. The molecule has 1 aromatic heterocycles. The van der Waals surface area contributed by atoms with Crippen molar-refractivity contribution in [2.75, 3.05) is 13.1 Å². The van der Waals surface area contributed by atoms with Crippen LogP contribution in [0.5, 0.6) is 5.75 Å². The molecule has 3 aromatic rings. The first-order chi connectivity index (χ1) is 13.1. The van der Waals surface area contributed by atoms with Crippen molar-refractivity contribution >= 4 is 17.0 Å². The lowest BCUT2D eigenvalue weighted by Crippen LogP contribution is -2.27. The SMILES string of the molecule is CC1(C)C=Cc2c(ccc3[nH]c4c(c23)CCN(Cc2ccccc2)CC4)O1. The van der Waals surface area contributed by atoms with Crippen LogP contribution < -0.4 is 4.74 Å². The van der Waals surface area contributed by atoms with E-state index in [4.69, 9.17) is 4.74 Å². The molecule has 0 radical (unpaired) electrons. The van der Waals surface area contributed by atoms with Gasteiger partial charge in [-0.05, 0) is 49.6 Å². The van der Waals surface area contributed by atoms with Gasteiger partial charge in [-0.25, -0.2) is 0 Å². The zero-order valence-electron chi connectivity index (χ0n) is 16.1. The summed E-state index contributed by atoms with van der Waals surface area (Å²) in [6.07, 6.45) is 6.58. The highest BCUT2D eigenvalue weighted by Gasteiger charge is 2.26. The van der Waals surface area contributed by atoms with Gasteiger partial charge in [0.15, 0.2) is 0 Å². The number of aromatic nitrogens is 1. The predicted molar refractivity (Wildman–Crippen MR) is 111 cm³/mol. The normalized spacial score (nSPS) is 18.6. The number of benzene rings is 2. The van der Waals surface area contributed by atoms with Crippen LogP contribution in [-0.4, -0.2) is 28.6 Å². The molecule has 3 nitrogen and oxygen atoms in total. The topological polar surface area (TPSA) is 28.3 Å². The third kappa shape index (κ3) is 3.06. The molecule has 3 heterocycles. The molecule has 5 rings (SSSR count). The van der Waals surface area contributed by atoms with Gasteiger partial charge in [-0.15, -0.1) is 0 Å². The Morgan fingerprint density at radius 2 is 1.85 bits per heavy atom. The van der Waals surface area contributed by atoms with Crippen molar-refractivity contribution in [3.8, 4) is 5.75 Å². The van der Waals surface area contributed by atoms with E-state index >= 15 is 0 Å². The quantitative estimate of drug-likeness (QED) is 0.702. The summed E-state index contributed by atoms with van der Waals surface area (Å²) < 4.78 is 6.21. The Kier molecular flexibility index (Phi) is 3.87. The van der Waals surface area contributed by atoms with Crippen molar-refractivity contribution in [2.45, 2.75) is 38.8 Å². The number of nitrogens with zero attached hydrogens (tertiary/aromatic N) is 1. The van der Waals surface area contributed by atoms with Gasteiger partial charge in [-0.1, -0.05) is 36.4 Å². The number of aromatic amines is 1. The Morgan fingerprint density at radius 3 is 2.70 bits per heavy atom. The maximum atomic E-state index is 6.21. The molecule has 0 fully saturated rings. The number of H-pyrrole nitrogens is 1. The van der Waals surface area contributed by atoms with Gasteiger partial charge in [-0.3, -0.25) is 4.90 Å². The van der Waals surface area contributed by atoms with Crippen molar-refractivity contribution < 1.29 is 4.74 Å². The van der Waals surface area contributed by atoms with Gasteiger partial charge in [-0.2, -0.15) is 0 Å². The molecule has 0 spiro atoms. The molecular formula is C24H26N2O. The first-order valence-corrected chi connectivity index (χ1v) is 9.90. The van der Waals surface area contributed by atoms with Crippen LogP contribution >= 0.6 is 0 Å². The van der Waals surface area contributed by atoms with Gasteiger partial charge < -0.3 is 9.72 Å². The molecule has 0 amide bonds. The molecule has 1 N–H and O–H groups in total. The van der Waals surface area contributed by atoms with Gasteiger partial charge in [0, 0.05) is 48.2 Å². The smallest absolute Gasteiger partial charge is 0.128 e. The maximum Gasteiger partial charge on any atom is 0.128 e. The van der Waals surface area contributed by atoms with Gasteiger partial charge in [0.05, 0.1) is 0 Å². The van der Waals surface area contributed by atoms with E-state index in [1.165, 1.54) is 33.3 Å². The van der Waals surface area contributed by atoms with Gasteiger partial charge in [0.1, 0.15) is 11.4 Å². The molecule has 0 bridgehead atoms. The van der Waals surface area contributed by atoms with Crippen molar-refractivity contribution in [3.05, 3.63) is 70.9 Å². The van der Waals surface area contributed by atoms with E-state index < -0.39 is 0 Å². The standard InChI is InChI=1S/C24H26N2O/c1-24(2)13-10-19-22(27-24)9-8-21-23(19)18-11-14-26(15-12-20(18)25-21)16-17-6-4-3-5-7-17/h3-10,13,25H,11-12,14-16H2,1-2H3. The highest BCUT2D eigenvalue weighted by Crippen LogP contribution is 2.39. The Morgan fingerprint density at radius 1 is 1.04 bits per heavy atom. The molecule has 2 aliphatic rings. The minimum absolute atomic E-state index is 0.236. The summed E-state index contributed by atoms with van der Waals surface area (Å²) in [6.45, 7) is 7.43. The minimum Gasteiger partial charge on any atom is -0.483 e. The van der Waals surface area contributed by atoms with Crippen LogP contribution in [0.15, 0.2) is 48.5 Å². The van der Waals surface area contributed by atoms with Gasteiger partial charge >= 0.3 is 0 Å². The number of hydrogen-bond acceptors (Lipinski definition) is 2. The third-order valence-electron chi connectivity index (χ3n) is 5.79. The van der Waals surface area contributed by atoms with E-state index in [2.05, 4.69) is 78.3 Å². The average Bonchev–Trinajstić information content (AvgIpc) is 2.90. The van der Waals surface area contributed by atoms with E-state index in [1.807, 2.05) is 0 Å². The largest absolute Gasteiger partial charge is 0.483 e. The highest BCUT2D eigenvalue weighted by molar-refractivity contribution is 5.95. The Hall–Kier alpha value is -2.52. The first kappa shape index (κ1) is 16.6. The molecule has 0 aliphatic carbocycles. The van der Waals surface area contributed by atoms with Crippen LogP contribution in [0.3, 0.4) is 0 Å². The van der Waals surface area contributed by atoms with E-state index in [0.29, 0.717) is 0 Å².